The van der Waals surface area contributed by atoms with Crippen LogP contribution in [0.2, 0.25) is 0 Å². The van der Waals surface area contributed by atoms with Crippen LogP contribution in [0.4, 0.5) is 13.2 Å². The second-order valence-corrected chi connectivity index (χ2v) is 9.07. The Balaban J connectivity index is 1.77. The summed E-state index contributed by atoms with van der Waals surface area (Å²) >= 11 is 1.33. The third-order valence-electron chi connectivity index (χ3n) is 5.30. The van der Waals surface area contributed by atoms with Crippen LogP contribution < -0.4 is 0 Å². The highest BCUT2D eigenvalue weighted by Gasteiger charge is 2.38. The Bertz CT molecular complexity index is 1120. The fraction of sp³-hybridized carbons (Fsp3) is 0.500. The van der Waals surface area contributed by atoms with Gasteiger partial charge in [-0.25, -0.2) is 14.5 Å². The maximum absolute atomic E-state index is 13.7. The molecule has 0 aliphatic carbocycles. The number of fused-ring (bicyclic) bond motifs is 1. The van der Waals surface area contributed by atoms with Gasteiger partial charge in [0.1, 0.15) is 10.6 Å². The third kappa shape index (κ3) is 3.57. The van der Waals surface area contributed by atoms with Crippen molar-refractivity contribution in [3.8, 4) is 0 Å². The molecule has 1 atom stereocenters. The fourth-order valence-corrected chi connectivity index (χ4v) is 4.73. The first-order valence-corrected chi connectivity index (χ1v) is 10.6. The Labute approximate surface area is 175 Å². The van der Waals surface area contributed by atoms with E-state index in [1.165, 1.54) is 11.3 Å². The minimum Gasteiger partial charge on any atom is -0.329 e. The molecule has 0 aromatic carbocycles. The number of rotatable bonds is 3. The molecule has 1 saturated heterocycles. The van der Waals surface area contributed by atoms with Crippen LogP contribution in [0.1, 0.15) is 76.1 Å². The van der Waals surface area contributed by atoms with Crippen LogP contribution in [0.5, 0.6) is 0 Å². The largest absolute Gasteiger partial charge is 0.433 e. The number of hydrogen-bond donors (Lipinski definition) is 0. The summed E-state index contributed by atoms with van der Waals surface area (Å²) in [6, 6.07) is 2.24. The summed E-state index contributed by atoms with van der Waals surface area (Å²) in [5.74, 6) is -0.305. The van der Waals surface area contributed by atoms with E-state index >= 15 is 0 Å². The van der Waals surface area contributed by atoms with Crippen LogP contribution in [-0.2, 0) is 6.18 Å². The molecule has 1 amide bonds. The van der Waals surface area contributed by atoms with Gasteiger partial charge in [0.15, 0.2) is 5.65 Å². The molecule has 0 unspecified atom stereocenters. The average Bonchev–Trinajstić information content (AvgIpc) is 3.36. The lowest BCUT2D eigenvalue weighted by molar-refractivity contribution is -0.142. The van der Waals surface area contributed by atoms with Crippen molar-refractivity contribution in [2.24, 2.45) is 0 Å². The van der Waals surface area contributed by atoms with Crippen molar-refractivity contribution in [1.82, 2.24) is 24.5 Å². The molecule has 0 radical (unpaired) electrons. The quantitative estimate of drug-likeness (QED) is 0.583. The summed E-state index contributed by atoms with van der Waals surface area (Å²) in [6.45, 7) is 7.76. The molecule has 4 heterocycles. The van der Waals surface area contributed by atoms with Gasteiger partial charge in [-0.2, -0.15) is 18.3 Å². The van der Waals surface area contributed by atoms with E-state index in [1.807, 2.05) is 6.92 Å². The molecule has 3 aromatic rings. The number of carbonyl (C=O) groups is 1. The van der Waals surface area contributed by atoms with Crippen molar-refractivity contribution in [2.75, 3.05) is 6.54 Å². The van der Waals surface area contributed by atoms with Crippen molar-refractivity contribution in [2.45, 2.75) is 58.7 Å². The van der Waals surface area contributed by atoms with E-state index in [2.05, 4.69) is 15.1 Å². The van der Waals surface area contributed by atoms with Crippen molar-refractivity contribution < 1.29 is 18.0 Å². The molecule has 0 N–H and O–H groups in total. The van der Waals surface area contributed by atoms with Crippen LogP contribution >= 0.6 is 11.3 Å². The number of alkyl halides is 3. The van der Waals surface area contributed by atoms with Gasteiger partial charge in [0.05, 0.1) is 22.4 Å². The molecule has 30 heavy (non-hydrogen) atoms. The maximum atomic E-state index is 13.7. The van der Waals surface area contributed by atoms with Gasteiger partial charge < -0.3 is 4.90 Å². The highest BCUT2D eigenvalue weighted by Crippen LogP contribution is 2.36. The SMILES string of the molecule is Cc1nc(C)c(C(=O)N2CCC[C@@H]2c2cc3nc(C(C)C)cc(C(F)(F)F)n3n2)s1. The first kappa shape index (κ1) is 20.8. The zero-order chi connectivity index (χ0) is 21.8. The minimum atomic E-state index is -4.56. The molecule has 0 bridgehead atoms. The summed E-state index contributed by atoms with van der Waals surface area (Å²) < 4.78 is 41.8. The summed E-state index contributed by atoms with van der Waals surface area (Å²) in [6.07, 6.45) is -3.15. The molecule has 1 aliphatic rings. The Kier molecular flexibility index (Phi) is 5.08. The lowest BCUT2D eigenvalue weighted by Crippen LogP contribution is -2.30. The fourth-order valence-electron chi connectivity index (χ4n) is 3.85. The summed E-state index contributed by atoms with van der Waals surface area (Å²) in [5.41, 5.74) is 0.751. The Morgan fingerprint density at radius 2 is 1.97 bits per heavy atom. The second kappa shape index (κ2) is 7.33. The van der Waals surface area contributed by atoms with Gasteiger partial charge >= 0.3 is 6.18 Å². The van der Waals surface area contributed by atoms with E-state index in [-0.39, 0.29) is 23.5 Å². The van der Waals surface area contributed by atoms with E-state index in [9.17, 15) is 18.0 Å². The highest BCUT2D eigenvalue weighted by atomic mass is 32.1. The third-order valence-corrected chi connectivity index (χ3v) is 6.36. The predicted molar refractivity (Wildman–Crippen MR) is 107 cm³/mol. The summed E-state index contributed by atoms with van der Waals surface area (Å²) in [7, 11) is 0. The lowest BCUT2D eigenvalue weighted by Gasteiger charge is -2.22. The molecule has 1 fully saturated rings. The first-order valence-electron chi connectivity index (χ1n) is 9.79. The molecule has 0 saturated carbocycles. The molecular formula is C20H22F3N5OS. The van der Waals surface area contributed by atoms with Gasteiger partial charge in [0.25, 0.3) is 5.91 Å². The zero-order valence-corrected chi connectivity index (χ0v) is 17.9. The lowest BCUT2D eigenvalue weighted by atomic mass is 10.1. The number of aromatic nitrogens is 4. The standard InChI is InChI=1S/C20H22F3N5OS/c1-10(2)13-8-16(20(21,22)23)28-17(25-13)9-14(26-28)15-6-5-7-27(15)19(29)18-11(3)24-12(4)30-18/h8-10,15H,5-7H2,1-4H3/t15-/m1/s1. The van der Waals surface area contributed by atoms with Crippen LogP contribution in [0, 0.1) is 13.8 Å². The number of thiazole rings is 1. The van der Waals surface area contributed by atoms with Crippen LogP contribution in [0.25, 0.3) is 5.65 Å². The van der Waals surface area contributed by atoms with Crippen molar-refractivity contribution in [3.05, 3.63) is 44.8 Å². The molecule has 10 heteroatoms. The van der Waals surface area contributed by atoms with Crippen molar-refractivity contribution in [1.29, 1.82) is 0 Å². The molecule has 1 aliphatic heterocycles. The molecule has 0 spiro atoms. The molecule has 3 aromatic heterocycles. The number of nitrogens with zero attached hydrogens (tertiary/aromatic N) is 5. The van der Waals surface area contributed by atoms with E-state index in [0.29, 0.717) is 34.9 Å². The number of aryl methyl sites for hydroxylation is 2. The Morgan fingerprint density at radius 3 is 2.57 bits per heavy atom. The molecule has 6 nitrogen and oxygen atoms in total. The normalized spacial score (nSPS) is 17.5. The van der Waals surface area contributed by atoms with E-state index in [1.54, 1.807) is 31.7 Å². The second-order valence-electron chi connectivity index (χ2n) is 7.86. The predicted octanol–water partition coefficient (Wildman–Crippen LogP) is 4.92. The number of likely N-dealkylation sites (tertiary alicyclic amines) is 1. The number of amides is 1. The molecule has 4 rings (SSSR count). The van der Waals surface area contributed by atoms with Gasteiger partial charge in [0.2, 0.25) is 0 Å². The molecular weight excluding hydrogens is 415 g/mol. The maximum Gasteiger partial charge on any atom is 0.433 e. The molecule has 160 valence electrons. The van der Waals surface area contributed by atoms with Gasteiger partial charge in [-0.05, 0) is 38.7 Å². The smallest absolute Gasteiger partial charge is 0.329 e. The van der Waals surface area contributed by atoms with Crippen LogP contribution in [0.15, 0.2) is 12.1 Å². The zero-order valence-electron chi connectivity index (χ0n) is 17.1. The first-order chi connectivity index (χ1) is 14.1. The monoisotopic (exact) mass is 437 g/mol. The van der Waals surface area contributed by atoms with E-state index in [4.69, 9.17) is 0 Å². The number of halogens is 3. The Morgan fingerprint density at radius 1 is 1.23 bits per heavy atom. The summed E-state index contributed by atoms with van der Waals surface area (Å²) in [4.78, 5) is 24.1. The average molecular weight is 437 g/mol. The number of carbonyl (C=O) groups excluding carboxylic acids is 1. The van der Waals surface area contributed by atoms with Crippen LogP contribution in [-0.4, -0.2) is 36.9 Å². The van der Waals surface area contributed by atoms with E-state index in [0.717, 1.165) is 22.0 Å². The van der Waals surface area contributed by atoms with Crippen molar-refractivity contribution in [3.63, 3.8) is 0 Å². The van der Waals surface area contributed by atoms with Gasteiger partial charge in [0, 0.05) is 18.3 Å². The van der Waals surface area contributed by atoms with Crippen LogP contribution in [0.3, 0.4) is 0 Å². The Hall–Kier alpha value is -2.49. The minimum absolute atomic E-state index is 0.146. The van der Waals surface area contributed by atoms with Gasteiger partial charge in [-0.3, -0.25) is 4.79 Å². The van der Waals surface area contributed by atoms with E-state index < -0.39 is 11.9 Å². The topological polar surface area (TPSA) is 63.4 Å². The van der Waals surface area contributed by atoms with Gasteiger partial charge in [-0.15, -0.1) is 11.3 Å². The highest BCUT2D eigenvalue weighted by molar-refractivity contribution is 7.13. The van der Waals surface area contributed by atoms with Crippen molar-refractivity contribution >= 4 is 22.9 Å². The van der Waals surface area contributed by atoms with Gasteiger partial charge in [-0.1, -0.05) is 13.8 Å². The number of hydrogen-bond acceptors (Lipinski definition) is 5. The summed E-state index contributed by atoms with van der Waals surface area (Å²) in [5, 5.41) is 5.05.